The van der Waals surface area contributed by atoms with Crippen LogP contribution < -0.4 is 26.6 Å². The molecule has 0 radical (unpaired) electrons. The van der Waals surface area contributed by atoms with Gasteiger partial charge in [0.15, 0.2) is 17.5 Å². The van der Waals surface area contributed by atoms with Crippen molar-refractivity contribution in [1.29, 1.82) is 0 Å². The van der Waals surface area contributed by atoms with Crippen LogP contribution in [0.1, 0.15) is 49.7 Å². The highest BCUT2D eigenvalue weighted by Crippen LogP contribution is 2.31. The molecule has 2 amide bonds. The van der Waals surface area contributed by atoms with Crippen LogP contribution in [0.2, 0.25) is 0 Å². The van der Waals surface area contributed by atoms with E-state index in [2.05, 4.69) is 26.0 Å². The van der Waals surface area contributed by atoms with Gasteiger partial charge in [-0.25, -0.2) is 18.6 Å². The van der Waals surface area contributed by atoms with Gasteiger partial charge in [-0.1, -0.05) is 12.1 Å². The second-order valence-corrected chi connectivity index (χ2v) is 11.4. The van der Waals surface area contributed by atoms with Gasteiger partial charge in [-0.3, -0.25) is 9.48 Å². The first-order chi connectivity index (χ1) is 20.1. The van der Waals surface area contributed by atoms with Gasteiger partial charge in [0.1, 0.15) is 17.2 Å². The van der Waals surface area contributed by atoms with Gasteiger partial charge < -0.3 is 31.3 Å². The Labute approximate surface area is 248 Å². The molecule has 4 aromatic rings. The maximum Gasteiger partial charge on any atom is 0.407 e. The number of hydrogen-bond donors (Lipinski definition) is 4. The van der Waals surface area contributed by atoms with E-state index in [9.17, 15) is 14.0 Å². The summed E-state index contributed by atoms with van der Waals surface area (Å²) in [5.74, 6) is -1.80. The molecule has 0 bridgehead atoms. The molecule has 0 spiro atoms. The number of aromatic nitrogens is 3. The highest BCUT2D eigenvalue weighted by atomic mass is 19.1. The van der Waals surface area contributed by atoms with Crippen molar-refractivity contribution >= 4 is 46.0 Å². The minimum atomic E-state index is -0.890. The summed E-state index contributed by atoms with van der Waals surface area (Å²) in [6.45, 7) is 6.83. The fraction of sp³-hybridized carbons (Fsp3) is 0.333. The molecular weight excluding hydrogens is 558 g/mol. The Balaban J connectivity index is 1.72. The number of anilines is 4. The molecular formula is C30H36F2N8O3. The van der Waals surface area contributed by atoms with Gasteiger partial charge in [0.2, 0.25) is 0 Å². The van der Waals surface area contributed by atoms with Crippen LogP contribution >= 0.6 is 0 Å². The van der Waals surface area contributed by atoms with Crippen LogP contribution in [0, 0.1) is 11.6 Å². The lowest BCUT2D eigenvalue weighted by atomic mass is 10.00. The molecule has 228 valence electrons. The lowest BCUT2D eigenvalue weighted by Gasteiger charge is -2.29. The number of amides is 2. The third-order valence-corrected chi connectivity index (χ3v) is 6.50. The molecule has 0 fully saturated rings. The van der Waals surface area contributed by atoms with Gasteiger partial charge in [-0.2, -0.15) is 5.10 Å². The summed E-state index contributed by atoms with van der Waals surface area (Å²) in [5.41, 5.74) is 6.49. The topological polar surface area (TPSA) is 139 Å². The number of pyridine rings is 1. The standard InChI is InChI=1S/C30H36F2N8O3/c1-16(34-29(42)43-30(2,3)4)24(17-9-8-10-18(31)13-17)36-27-22(32)15-21(25(33)41)26(37-27)35-19-11-12-23-20(14-19)28(39(5)6)38-40(23)7/h8-16,24H,1-7H3,(H2,33,41)(H,34,42)(H2,35,36,37)/t16-,24-/m0/s1. The van der Waals surface area contributed by atoms with Crippen molar-refractivity contribution in [2.45, 2.75) is 45.4 Å². The number of carbonyl (C=O) groups is 2. The van der Waals surface area contributed by atoms with Crippen LogP contribution in [0.3, 0.4) is 0 Å². The van der Waals surface area contributed by atoms with Gasteiger partial charge in [0.05, 0.1) is 23.2 Å². The SMILES string of the molecule is C[C@H](NC(=O)OC(C)(C)C)[C@H](Nc1nc(Nc2ccc3c(c2)c(N(C)C)nn3C)c(C(N)=O)cc1F)c1cccc(F)c1. The van der Waals surface area contributed by atoms with E-state index < -0.39 is 41.3 Å². The lowest BCUT2D eigenvalue weighted by Crippen LogP contribution is -2.42. The largest absolute Gasteiger partial charge is 0.444 e. The quantitative estimate of drug-likeness (QED) is 0.207. The number of ether oxygens (including phenoxy) is 1. The Kier molecular flexibility index (Phi) is 8.74. The molecule has 4 rings (SSSR count). The van der Waals surface area contributed by atoms with Crippen LogP contribution in [0.25, 0.3) is 10.9 Å². The van der Waals surface area contributed by atoms with Gasteiger partial charge >= 0.3 is 6.09 Å². The third kappa shape index (κ3) is 7.29. The second kappa shape index (κ2) is 12.1. The van der Waals surface area contributed by atoms with Gasteiger partial charge in [0.25, 0.3) is 5.91 Å². The number of nitrogens with zero attached hydrogens (tertiary/aromatic N) is 4. The van der Waals surface area contributed by atoms with E-state index in [1.807, 2.05) is 38.2 Å². The number of benzene rings is 2. The number of nitrogens with one attached hydrogen (secondary N) is 3. The van der Waals surface area contributed by atoms with E-state index in [-0.39, 0.29) is 17.2 Å². The molecule has 0 aliphatic rings. The maximum absolute atomic E-state index is 15.4. The van der Waals surface area contributed by atoms with Gasteiger partial charge in [-0.15, -0.1) is 0 Å². The molecule has 2 heterocycles. The Morgan fingerprint density at radius 3 is 2.42 bits per heavy atom. The number of aryl methyl sites for hydroxylation is 1. The fourth-order valence-electron chi connectivity index (χ4n) is 4.59. The van der Waals surface area contributed by atoms with Crippen molar-refractivity contribution in [1.82, 2.24) is 20.1 Å². The number of alkyl carbamates (subject to hydrolysis) is 1. The van der Waals surface area contributed by atoms with Crippen LogP contribution in [0.15, 0.2) is 48.5 Å². The van der Waals surface area contributed by atoms with Gasteiger partial charge in [0, 0.05) is 32.2 Å². The van der Waals surface area contributed by atoms with Crippen LogP contribution in [-0.4, -0.2) is 52.5 Å². The fourth-order valence-corrected chi connectivity index (χ4v) is 4.59. The predicted octanol–water partition coefficient (Wildman–Crippen LogP) is 5.22. The zero-order chi connectivity index (χ0) is 31.6. The average molecular weight is 595 g/mol. The van der Waals surface area contributed by atoms with Gasteiger partial charge in [-0.05, 0) is 69.7 Å². The number of nitrogens with two attached hydrogens (primary N) is 1. The number of halogens is 2. The van der Waals surface area contributed by atoms with Crippen LogP contribution in [-0.2, 0) is 11.8 Å². The van der Waals surface area contributed by atoms with E-state index >= 15 is 4.39 Å². The second-order valence-electron chi connectivity index (χ2n) is 11.4. The van der Waals surface area contributed by atoms with Crippen molar-refractivity contribution in [2.24, 2.45) is 12.8 Å². The minimum Gasteiger partial charge on any atom is -0.444 e. The molecule has 0 saturated heterocycles. The summed E-state index contributed by atoms with van der Waals surface area (Å²) in [7, 11) is 5.58. The predicted molar refractivity (Wildman–Crippen MR) is 163 cm³/mol. The van der Waals surface area contributed by atoms with Crippen molar-refractivity contribution in [3.63, 3.8) is 0 Å². The van der Waals surface area contributed by atoms with E-state index in [1.165, 1.54) is 18.2 Å². The molecule has 13 heteroatoms. The number of fused-ring (bicyclic) bond motifs is 1. The van der Waals surface area contributed by atoms with E-state index in [1.54, 1.807) is 44.5 Å². The number of rotatable bonds is 9. The average Bonchev–Trinajstić information content (AvgIpc) is 3.23. The summed E-state index contributed by atoms with van der Waals surface area (Å²) in [6.07, 6.45) is -0.703. The maximum atomic E-state index is 15.4. The molecule has 2 atom stereocenters. The molecule has 5 N–H and O–H groups in total. The smallest absolute Gasteiger partial charge is 0.407 e. The summed E-state index contributed by atoms with van der Waals surface area (Å²) >= 11 is 0. The summed E-state index contributed by atoms with van der Waals surface area (Å²) in [5, 5.41) is 14.1. The van der Waals surface area contributed by atoms with Crippen molar-refractivity contribution < 1.29 is 23.1 Å². The van der Waals surface area contributed by atoms with Crippen molar-refractivity contribution in [3.05, 3.63) is 71.3 Å². The van der Waals surface area contributed by atoms with E-state index in [4.69, 9.17) is 10.5 Å². The Bertz CT molecular complexity index is 1670. The molecule has 0 aliphatic carbocycles. The van der Waals surface area contributed by atoms with Crippen molar-refractivity contribution in [3.8, 4) is 0 Å². The molecule has 0 saturated carbocycles. The van der Waals surface area contributed by atoms with Crippen LogP contribution in [0.5, 0.6) is 0 Å². The molecule has 2 aromatic heterocycles. The first-order valence-corrected chi connectivity index (χ1v) is 13.6. The number of primary amides is 1. The minimum absolute atomic E-state index is 0.00297. The zero-order valence-corrected chi connectivity index (χ0v) is 25.1. The van der Waals surface area contributed by atoms with Crippen LogP contribution in [0.4, 0.5) is 36.7 Å². The number of carbonyl (C=O) groups excluding carboxylic acids is 2. The van der Waals surface area contributed by atoms with Crippen molar-refractivity contribution in [2.75, 3.05) is 29.6 Å². The van der Waals surface area contributed by atoms with E-state index in [0.29, 0.717) is 11.3 Å². The number of hydrogen-bond acceptors (Lipinski definition) is 8. The molecule has 43 heavy (non-hydrogen) atoms. The molecule has 0 unspecified atom stereocenters. The Hall–Kier alpha value is -4.94. The third-order valence-electron chi connectivity index (χ3n) is 6.50. The summed E-state index contributed by atoms with van der Waals surface area (Å²) < 4.78 is 36.8. The monoisotopic (exact) mass is 594 g/mol. The summed E-state index contributed by atoms with van der Waals surface area (Å²) in [4.78, 5) is 31.1. The normalized spacial score (nSPS) is 12.9. The highest BCUT2D eigenvalue weighted by Gasteiger charge is 2.27. The first kappa shape index (κ1) is 31.0. The zero-order valence-electron chi connectivity index (χ0n) is 25.1. The van der Waals surface area contributed by atoms with E-state index in [0.717, 1.165) is 22.8 Å². The Morgan fingerprint density at radius 2 is 1.79 bits per heavy atom. The Morgan fingerprint density at radius 1 is 1.07 bits per heavy atom. The molecule has 11 nitrogen and oxygen atoms in total. The first-order valence-electron chi connectivity index (χ1n) is 13.6. The molecule has 2 aromatic carbocycles. The lowest BCUT2D eigenvalue weighted by molar-refractivity contribution is 0.0503. The highest BCUT2D eigenvalue weighted by molar-refractivity contribution is 5.99. The molecule has 0 aliphatic heterocycles. The summed E-state index contributed by atoms with van der Waals surface area (Å²) in [6, 6.07) is 10.5.